The molecule has 3 saturated heterocycles. The van der Waals surface area contributed by atoms with E-state index in [1.807, 2.05) is 12.1 Å². The van der Waals surface area contributed by atoms with Gasteiger partial charge in [-0.25, -0.2) is 0 Å². The van der Waals surface area contributed by atoms with Crippen molar-refractivity contribution in [3.8, 4) is 0 Å². The fraction of sp³-hybridized carbons (Fsp3) is 0.750. The third-order valence-corrected chi connectivity index (χ3v) is 7.23. The van der Waals surface area contributed by atoms with Crippen LogP contribution in [-0.2, 0) is 11.3 Å². The normalized spacial score (nSPS) is 27.1. The Kier molecular flexibility index (Phi) is 8.26. The van der Waals surface area contributed by atoms with Gasteiger partial charge in [0.15, 0.2) is 0 Å². The van der Waals surface area contributed by atoms with Gasteiger partial charge in [-0.1, -0.05) is 30.2 Å². The van der Waals surface area contributed by atoms with Crippen molar-refractivity contribution >= 4 is 11.6 Å². The van der Waals surface area contributed by atoms with Crippen LogP contribution in [0, 0.1) is 5.92 Å². The number of nitrogens with zero attached hydrogens (tertiary/aromatic N) is 3. The van der Waals surface area contributed by atoms with Crippen molar-refractivity contribution < 1.29 is 4.74 Å². The molecule has 5 heteroatoms. The van der Waals surface area contributed by atoms with Gasteiger partial charge >= 0.3 is 0 Å². The molecule has 0 saturated carbocycles. The number of ether oxygens (including phenoxy) is 1. The van der Waals surface area contributed by atoms with Gasteiger partial charge in [0.2, 0.25) is 0 Å². The number of hydrogen-bond acceptors (Lipinski definition) is 4. The van der Waals surface area contributed by atoms with Crippen LogP contribution in [0.5, 0.6) is 0 Å². The summed E-state index contributed by atoms with van der Waals surface area (Å²) in [5, 5.41) is 0.825. The molecule has 4 nitrogen and oxygen atoms in total. The van der Waals surface area contributed by atoms with Gasteiger partial charge < -0.3 is 9.64 Å². The number of piperazine rings is 1. The molecule has 0 N–H and O–H groups in total. The highest BCUT2D eigenvalue weighted by Gasteiger charge is 2.32. The highest BCUT2D eigenvalue weighted by atomic mass is 35.5. The van der Waals surface area contributed by atoms with E-state index in [1.54, 1.807) is 0 Å². The summed E-state index contributed by atoms with van der Waals surface area (Å²) in [6.45, 7) is 11.6. The molecular formula is C24H38ClN3O. The lowest BCUT2D eigenvalue weighted by Gasteiger charge is -2.46. The molecule has 29 heavy (non-hydrogen) atoms. The van der Waals surface area contributed by atoms with E-state index < -0.39 is 0 Å². The van der Waals surface area contributed by atoms with Gasteiger partial charge in [0, 0.05) is 56.9 Å². The Bertz CT molecular complexity index is 605. The molecule has 0 aliphatic carbocycles. The van der Waals surface area contributed by atoms with E-state index in [0.29, 0.717) is 0 Å². The van der Waals surface area contributed by atoms with Crippen molar-refractivity contribution in [3.63, 3.8) is 0 Å². The predicted octanol–water partition coefficient (Wildman–Crippen LogP) is 4.13. The Morgan fingerprint density at radius 1 is 0.897 bits per heavy atom. The van der Waals surface area contributed by atoms with Crippen LogP contribution in [0.2, 0.25) is 5.02 Å². The monoisotopic (exact) mass is 419 g/mol. The smallest absolute Gasteiger partial charge is 0.0506 e. The second-order valence-electron chi connectivity index (χ2n) is 9.28. The lowest BCUT2D eigenvalue weighted by Crippen LogP contribution is -2.56. The number of fused-ring (bicyclic) bond motifs is 1. The second-order valence-corrected chi connectivity index (χ2v) is 9.72. The summed E-state index contributed by atoms with van der Waals surface area (Å²) in [6.07, 6.45) is 8.03. The summed E-state index contributed by atoms with van der Waals surface area (Å²) in [7, 11) is 0. The van der Waals surface area contributed by atoms with Gasteiger partial charge in [-0.15, -0.1) is 0 Å². The number of halogens is 1. The molecule has 0 aromatic heterocycles. The van der Waals surface area contributed by atoms with E-state index in [1.165, 1.54) is 89.9 Å². The van der Waals surface area contributed by atoms with E-state index in [4.69, 9.17) is 16.3 Å². The Morgan fingerprint density at radius 2 is 1.72 bits per heavy atom. The van der Waals surface area contributed by atoms with Crippen LogP contribution in [0.15, 0.2) is 24.3 Å². The van der Waals surface area contributed by atoms with Gasteiger partial charge in [-0.05, 0) is 68.8 Å². The van der Waals surface area contributed by atoms with Crippen LogP contribution in [0.4, 0.5) is 0 Å². The molecule has 3 aliphatic heterocycles. The molecular weight excluding hydrogens is 382 g/mol. The summed E-state index contributed by atoms with van der Waals surface area (Å²) in [4.78, 5) is 7.95. The summed E-state index contributed by atoms with van der Waals surface area (Å²) in [5.41, 5.74) is 1.37. The number of benzene rings is 1. The molecule has 1 aromatic rings. The molecule has 0 bridgehead atoms. The molecule has 4 rings (SSSR count). The van der Waals surface area contributed by atoms with Gasteiger partial charge in [-0.3, -0.25) is 9.80 Å². The lowest BCUT2D eigenvalue weighted by molar-refractivity contribution is -0.00316. The maximum atomic E-state index is 6.08. The molecule has 0 spiro atoms. The molecule has 3 fully saturated rings. The van der Waals surface area contributed by atoms with Gasteiger partial charge in [0.05, 0.1) is 6.61 Å². The molecule has 0 amide bonds. The van der Waals surface area contributed by atoms with Crippen LogP contribution in [-0.4, -0.2) is 79.8 Å². The number of rotatable bonds is 8. The van der Waals surface area contributed by atoms with Gasteiger partial charge in [-0.2, -0.15) is 0 Å². The van der Waals surface area contributed by atoms with Crippen molar-refractivity contribution in [2.45, 2.75) is 51.1 Å². The first kappa shape index (κ1) is 21.6. The molecule has 3 aliphatic rings. The first-order valence-electron chi connectivity index (χ1n) is 11.8. The summed E-state index contributed by atoms with van der Waals surface area (Å²) >= 11 is 6.02. The van der Waals surface area contributed by atoms with Crippen molar-refractivity contribution in [1.82, 2.24) is 14.7 Å². The lowest BCUT2D eigenvalue weighted by atomic mass is 9.91. The van der Waals surface area contributed by atoms with Crippen molar-refractivity contribution in [1.29, 1.82) is 0 Å². The minimum absolute atomic E-state index is 0.726. The van der Waals surface area contributed by atoms with Crippen LogP contribution < -0.4 is 0 Å². The van der Waals surface area contributed by atoms with Crippen molar-refractivity contribution in [3.05, 3.63) is 34.9 Å². The number of likely N-dealkylation sites (tertiary alicyclic amines) is 1. The molecule has 0 unspecified atom stereocenters. The van der Waals surface area contributed by atoms with E-state index in [-0.39, 0.29) is 0 Å². The fourth-order valence-electron chi connectivity index (χ4n) is 5.27. The zero-order chi connectivity index (χ0) is 19.9. The standard InChI is InChI=1S/C24H38ClN3O/c25-23-8-5-21(6-9-23)17-27-14-15-28-18-22(7-10-24(28)19-27)20-29-16-4-13-26-11-2-1-3-12-26/h5-6,8-9,22,24H,1-4,7,10-20H2/t22-,24-/m0/s1. The zero-order valence-corrected chi connectivity index (χ0v) is 18.7. The summed E-state index contributed by atoms with van der Waals surface area (Å²) in [5.74, 6) is 0.726. The minimum Gasteiger partial charge on any atom is -0.381 e. The maximum Gasteiger partial charge on any atom is 0.0506 e. The van der Waals surface area contributed by atoms with Gasteiger partial charge in [0.1, 0.15) is 0 Å². The Morgan fingerprint density at radius 3 is 2.55 bits per heavy atom. The van der Waals surface area contributed by atoms with Crippen LogP contribution in [0.1, 0.15) is 44.1 Å². The zero-order valence-electron chi connectivity index (χ0n) is 17.9. The Hall–Kier alpha value is -0.650. The summed E-state index contributed by atoms with van der Waals surface area (Å²) in [6, 6.07) is 9.06. The first-order valence-corrected chi connectivity index (χ1v) is 12.1. The highest BCUT2D eigenvalue weighted by molar-refractivity contribution is 6.30. The van der Waals surface area contributed by atoms with Gasteiger partial charge in [0.25, 0.3) is 0 Å². The van der Waals surface area contributed by atoms with E-state index in [2.05, 4.69) is 26.8 Å². The van der Waals surface area contributed by atoms with Crippen molar-refractivity contribution in [2.75, 3.05) is 59.0 Å². The van der Waals surface area contributed by atoms with E-state index >= 15 is 0 Å². The quantitative estimate of drug-likeness (QED) is 0.589. The van der Waals surface area contributed by atoms with E-state index in [0.717, 1.165) is 36.7 Å². The van der Waals surface area contributed by atoms with Crippen LogP contribution >= 0.6 is 11.6 Å². The fourth-order valence-corrected chi connectivity index (χ4v) is 5.40. The average Bonchev–Trinajstić information content (AvgIpc) is 2.76. The van der Waals surface area contributed by atoms with E-state index in [9.17, 15) is 0 Å². The molecule has 2 atom stereocenters. The largest absolute Gasteiger partial charge is 0.381 e. The summed E-state index contributed by atoms with van der Waals surface area (Å²) < 4.78 is 6.08. The molecule has 3 heterocycles. The Balaban J connectivity index is 1.11. The predicted molar refractivity (Wildman–Crippen MR) is 121 cm³/mol. The number of piperidine rings is 2. The first-order chi connectivity index (χ1) is 14.3. The second kappa shape index (κ2) is 11.1. The molecule has 162 valence electrons. The third kappa shape index (κ3) is 6.67. The number of hydrogen-bond donors (Lipinski definition) is 0. The average molecular weight is 420 g/mol. The molecule has 0 radical (unpaired) electrons. The highest BCUT2D eigenvalue weighted by Crippen LogP contribution is 2.26. The molecule has 1 aromatic carbocycles. The third-order valence-electron chi connectivity index (χ3n) is 6.97. The van der Waals surface area contributed by atoms with Crippen molar-refractivity contribution in [2.24, 2.45) is 5.92 Å². The SMILES string of the molecule is Clc1ccc(CN2CCN3C[C@@H](COCCCN4CCCCC4)CC[C@H]3C2)cc1. The van der Waals surface area contributed by atoms with Crippen LogP contribution in [0.3, 0.4) is 0 Å². The topological polar surface area (TPSA) is 19.0 Å². The van der Waals surface area contributed by atoms with Crippen LogP contribution in [0.25, 0.3) is 0 Å². The minimum atomic E-state index is 0.726. The Labute approximate surface area is 182 Å². The maximum absolute atomic E-state index is 6.08.